The number of hydrogen-bond acceptors (Lipinski definition) is 3. The Morgan fingerprint density at radius 3 is 3.06 bits per heavy atom. The smallest absolute Gasteiger partial charge is 0.177 e. The number of aromatic nitrogens is 2. The summed E-state index contributed by atoms with van der Waals surface area (Å²) in [6.07, 6.45) is 3.92. The first kappa shape index (κ1) is 11.6. The summed E-state index contributed by atoms with van der Waals surface area (Å²) < 4.78 is 1.78. The van der Waals surface area contributed by atoms with Crippen LogP contribution in [0.1, 0.15) is 31.4 Å². The second kappa shape index (κ2) is 4.05. The van der Waals surface area contributed by atoms with Gasteiger partial charge < -0.3 is 14.4 Å². The van der Waals surface area contributed by atoms with Gasteiger partial charge in [-0.2, -0.15) is 0 Å². The molecule has 96 valence electrons. The van der Waals surface area contributed by atoms with Crippen LogP contribution >= 0.6 is 12.2 Å². The van der Waals surface area contributed by atoms with Gasteiger partial charge in [-0.05, 0) is 32.0 Å². The van der Waals surface area contributed by atoms with Crippen LogP contribution in [0.2, 0.25) is 0 Å². The van der Waals surface area contributed by atoms with Crippen molar-refractivity contribution >= 4 is 23.1 Å². The lowest BCUT2D eigenvalue weighted by Gasteiger charge is -2.40. The Morgan fingerprint density at radius 2 is 2.33 bits per heavy atom. The largest absolute Gasteiger partial charge is 0.341 e. The molecular formula is C12H17N5S. The number of hydrogen-bond donors (Lipinski definition) is 1. The van der Waals surface area contributed by atoms with Crippen LogP contribution in [-0.4, -0.2) is 32.7 Å². The molecule has 3 rings (SSSR count). The summed E-state index contributed by atoms with van der Waals surface area (Å²) >= 11 is 5.56. The number of anilines is 1. The van der Waals surface area contributed by atoms with Gasteiger partial charge in [0.05, 0.1) is 17.9 Å². The van der Waals surface area contributed by atoms with E-state index in [0.717, 1.165) is 42.4 Å². The summed E-state index contributed by atoms with van der Waals surface area (Å²) in [7, 11) is 1.87. The molecule has 5 nitrogen and oxygen atoms in total. The van der Waals surface area contributed by atoms with Gasteiger partial charge in [-0.25, -0.2) is 4.98 Å². The van der Waals surface area contributed by atoms with E-state index >= 15 is 0 Å². The van der Waals surface area contributed by atoms with Gasteiger partial charge in [-0.3, -0.25) is 5.41 Å². The maximum Gasteiger partial charge on any atom is 0.177 e. The zero-order chi connectivity index (χ0) is 12.9. The quantitative estimate of drug-likeness (QED) is 0.773. The van der Waals surface area contributed by atoms with Gasteiger partial charge in [0, 0.05) is 20.1 Å². The molecule has 0 amide bonds. The molecule has 0 aromatic carbocycles. The predicted molar refractivity (Wildman–Crippen MR) is 73.4 cm³/mol. The third-order valence-electron chi connectivity index (χ3n) is 3.84. The number of fused-ring (bicyclic) bond motifs is 3. The van der Waals surface area contributed by atoms with E-state index in [1.54, 1.807) is 10.9 Å². The highest BCUT2D eigenvalue weighted by atomic mass is 32.1. The highest BCUT2D eigenvalue weighted by molar-refractivity contribution is 7.80. The van der Waals surface area contributed by atoms with Crippen LogP contribution in [0.5, 0.6) is 0 Å². The van der Waals surface area contributed by atoms with Crippen LogP contribution in [-0.2, 0) is 7.05 Å². The maximum absolute atomic E-state index is 8.28. The van der Waals surface area contributed by atoms with Gasteiger partial charge in [0.1, 0.15) is 11.3 Å². The Hall–Kier alpha value is -1.43. The van der Waals surface area contributed by atoms with Crippen molar-refractivity contribution < 1.29 is 0 Å². The Kier molecular flexibility index (Phi) is 2.62. The molecule has 2 aliphatic rings. The lowest BCUT2D eigenvalue weighted by molar-refractivity contribution is 0.381. The van der Waals surface area contributed by atoms with Crippen molar-refractivity contribution in [1.82, 2.24) is 14.5 Å². The van der Waals surface area contributed by atoms with Gasteiger partial charge in [-0.15, -0.1) is 0 Å². The molecule has 0 radical (unpaired) electrons. The fourth-order valence-electron chi connectivity index (χ4n) is 2.91. The highest BCUT2D eigenvalue weighted by Gasteiger charge is 2.39. The highest BCUT2D eigenvalue weighted by Crippen LogP contribution is 2.39. The van der Waals surface area contributed by atoms with E-state index in [4.69, 9.17) is 17.6 Å². The Labute approximate surface area is 112 Å². The maximum atomic E-state index is 8.28. The first-order valence-corrected chi connectivity index (χ1v) is 6.74. The van der Waals surface area contributed by atoms with E-state index in [-0.39, 0.29) is 6.04 Å². The third-order valence-corrected chi connectivity index (χ3v) is 4.29. The van der Waals surface area contributed by atoms with Gasteiger partial charge in [0.25, 0.3) is 0 Å². The number of aryl methyl sites for hydroxylation is 1. The molecule has 1 aromatic heterocycles. The standard InChI is InChI=1S/C12H17N5S/c1-3-16-11-9(10(13)15(2)7-14-11)8-5-4-6-17(8)12(16)18/h7-8,13H,3-6H2,1-2H3. The van der Waals surface area contributed by atoms with Crippen molar-refractivity contribution in [2.24, 2.45) is 7.05 Å². The molecule has 1 atom stereocenters. The summed E-state index contributed by atoms with van der Waals surface area (Å²) in [6, 6.07) is 0.252. The van der Waals surface area contributed by atoms with Crippen molar-refractivity contribution in [3.05, 3.63) is 17.4 Å². The summed E-state index contributed by atoms with van der Waals surface area (Å²) in [5, 5.41) is 9.15. The number of nitrogens with one attached hydrogen (secondary N) is 1. The Morgan fingerprint density at radius 1 is 1.56 bits per heavy atom. The van der Waals surface area contributed by atoms with Gasteiger partial charge >= 0.3 is 0 Å². The Balaban J connectivity index is 2.26. The van der Waals surface area contributed by atoms with E-state index in [9.17, 15) is 0 Å². The van der Waals surface area contributed by atoms with Gasteiger partial charge in [0.2, 0.25) is 0 Å². The minimum absolute atomic E-state index is 0.252. The summed E-state index contributed by atoms with van der Waals surface area (Å²) in [5.74, 6) is 0.883. The van der Waals surface area contributed by atoms with E-state index in [2.05, 4.69) is 16.8 Å². The molecule has 1 N–H and O–H groups in total. The van der Waals surface area contributed by atoms with E-state index in [1.165, 1.54) is 0 Å². The molecule has 6 heteroatoms. The number of nitrogens with zero attached hydrogens (tertiary/aromatic N) is 4. The second-order valence-corrected chi connectivity index (χ2v) is 5.18. The van der Waals surface area contributed by atoms with Crippen molar-refractivity contribution in [2.75, 3.05) is 18.0 Å². The topological polar surface area (TPSA) is 48.2 Å². The molecule has 0 bridgehead atoms. The second-order valence-electron chi connectivity index (χ2n) is 4.82. The first-order valence-electron chi connectivity index (χ1n) is 6.33. The SMILES string of the molecule is CCN1C(=S)N2CCCC2c2c1ncn(C)c2=N. The lowest BCUT2D eigenvalue weighted by atomic mass is 10.0. The zero-order valence-electron chi connectivity index (χ0n) is 10.7. The van der Waals surface area contributed by atoms with Crippen LogP contribution in [0.4, 0.5) is 5.82 Å². The number of thiocarbonyl (C=S) groups is 1. The van der Waals surface area contributed by atoms with Crippen LogP contribution in [0.3, 0.4) is 0 Å². The Bertz CT molecular complexity index is 564. The average Bonchev–Trinajstić information content (AvgIpc) is 2.83. The van der Waals surface area contributed by atoms with E-state index < -0.39 is 0 Å². The molecule has 1 unspecified atom stereocenters. The van der Waals surface area contributed by atoms with E-state index in [1.807, 2.05) is 11.9 Å². The fourth-order valence-corrected chi connectivity index (χ4v) is 3.35. The van der Waals surface area contributed by atoms with Crippen LogP contribution < -0.4 is 10.4 Å². The van der Waals surface area contributed by atoms with Crippen molar-refractivity contribution in [2.45, 2.75) is 25.8 Å². The molecule has 0 saturated carbocycles. The lowest BCUT2D eigenvalue weighted by Crippen LogP contribution is -2.50. The minimum Gasteiger partial charge on any atom is -0.341 e. The number of rotatable bonds is 1. The van der Waals surface area contributed by atoms with Gasteiger partial charge in [0.15, 0.2) is 5.11 Å². The van der Waals surface area contributed by atoms with Crippen LogP contribution in [0.25, 0.3) is 0 Å². The van der Waals surface area contributed by atoms with Crippen molar-refractivity contribution in [3.8, 4) is 0 Å². The van der Waals surface area contributed by atoms with Gasteiger partial charge in [-0.1, -0.05) is 0 Å². The molecule has 0 spiro atoms. The van der Waals surface area contributed by atoms with Crippen LogP contribution in [0.15, 0.2) is 6.33 Å². The minimum atomic E-state index is 0.252. The molecule has 1 saturated heterocycles. The fraction of sp³-hybridized carbons (Fsp3) is 0.583. The van der Waals surface area contributed by atoms with E-state index in [0.29, 0.717) is 5.49 Å². The zero-order valence-corrected chi connectivity index (χ0v) is 11.5. The van der Waals surface area contributed by atoms with Crippen molar-refractivity contribution in [1.29, 1.82) is 5.41 Å². The summed E-state index contributed by atoms with van der Waals surface area (Å²) in [4.78, 5) is 8.79. The molecule has 0 aliphatic carbocycles. The molecule has 2 aliphatic heterocycles. The molecule has 18 heavy (non-hydrogen) atoms. The first-order chi connectivity index (χ1) is 8.65. The normalized spacial score (nSPS) is 22.1. The predicted octanol–water partition coefficient (Wildman–Crippen LogP) is 1.16. The molecule has 1 fully saturated rings. The van der Waals surface area contributed by atoms with Crippen molar-refractivity contribution in [3.63, 3.8) is 0 Å². The molecule has 3 heterocycles. The summed E-state index contributed by atoms with van der Waals surface area (Å²) in [5.41, 5.74) is 1.59. The molecular weight excluding hydrogens is 246 g/mol. The summed E-state index contributed by atoms with van der Waals surface area (Å²) in [6.45, 7) is 3.87. The van der Waals surface area contributed by atoms with Crippen LogP contribution in [0, 0.1) is 5.41 Å². The average molecular weight is 263 g/mol. The monoisotopic (exact) mass is 263 g/mol. The molecule has 1 aromatic rings. The third kappa shape index (κ3) is 1.41.